The topological polar surface area (TPSA) is 103 Å². The summed E-state index contributed by atoms with van der Waals surface area (Å²) in [5.41, 5.74) is 1.72. The second-order valence-corrected chi connectivity index (χ2v) is 6.48. The summed E-state index contributed by atoms with van der Waals surface area (Å²) in [6, 6.07) is 1.57. The molecule has 0 fully saturated rings. The normalized spacial score (nSPS) is 13.2. The Morgan fingerprint density at radius 3 is 2.96 bits per heavy atom. The van der Waals surface area contributed by atoms with Crippen LogP contribution in [0.4, 0.5) is 5.13 Å². The molecule has 2 heterocycles. The van der Waals surface area contributed by atoms with Crippen LogP contribution in [0.25, 0.3) is 0 Å². The van der Waals surface area contributed by atoms with E-state index in [0.29, 0.717) is 0 Å². The number of fused-ring (bicyclic) bond motifs is 1. The molecule has 132 valence electrons. The van der Waals surface area contributed by atoms with Crippen molar-refractivity contribution in [1.82, 2.24) is 14.8 Å². The van der Waals surface area contributed by atoms with Crippen LogP contribution in [-0.4, -0.2) is 33.2 Å². The van der Waals surface area contributed by atoms with Gasteiger partial charge in [-0.05, 0) is 38.2 Å². The highest BCUT2D eigenvalue weighted by atomic mass is 32.1. The van der Waals surface area contributed by atoms with Crippen molar-refractivity contribution in [3.63, 3.8) is 0 Å². The maximum absolute atomic E-state index is 12.1. The van der Waals surface area contributed by atoms with Crippen LogP contribution < -0.4 is 10.9 Å². The van der Waals surface area contributed by atoms with Gasteiger partial charge in [0, 0.05) is 11.4 Å². The summed E-state index contributed by atoms with van der Waals surface area (Å²) in [6.07, 6.45) is 3.79. The number of carbonyl (C=O) groups excluding carboxylic acids is 2. The molecule has 0 saturated carbocycles. The molecule has 8 nitrogen and oxygen atoms in total. The van der Waals surface area contributed by atoms with Gasteiger partial charge in [-0.15, -0.1) is 11.3 Å². The number of thiazole rings is 1. The first-order valence-electron chi connectivity index (χ1n) is 8.09. The van der Waals surface area contributed by atoms with Crippen molar-refractivity contribution >= 4 is 28.3 Å². The highest BCUT2D eigenvalue weighted by molar-refractivity contribution is 7.14. The molecule has 0 bridgehead atoms. The van der Waals surface area contributed by atoms with Gasteiger partial charge in [0.1, 0.15) is 6.54 Å². The molecule has 0 radical (unpaired) electrons. The van der Waals surface area contributed by atoms with Crippen molar-refractivity contribution in [1.29, 1.82) is 0 Å². The highest BCUT2D eigenvalue weighted by Gasteiger charge is 2.16. The molecule has 2 aromatic heterocycles. The number of esters is 1. The SMILES string of the molecule is CCOC(=O)c1csc(NC(=O)Cn2nc3c(cc2=O)CCCC3)n1. The molecule has 0 unspecified atom stereocenters. The Kier molecular flexibility index (Phi) is 5.22. The Hall–Kier alpha value is -2.55. The number of anilines is 1. The molecule has 0 spiro atoms. The van der Waals surface area contributed by atoms with Crippen LogP contribution in [0.2, 0.25) is 0 Å². The molecule has 3 rings (SSSR count). The van der Waals surface area contributed by atoms with Gasteiger partial charge in [0.05, 0.1) is 12.3 Å². The van der Waals surface area contributed by atoms with Gasteiger partial charge in [-0.25, -0.2) is 14.5 Å². The van der Waals surface area contributed by atoms with Crippen molar-refractivity contribution < 1.29 is 14.3 Å². The van der Waals surface area contributed by atoms with Crippen molar-refractivity contribution in [2.24, 2.45) is 0 Å². The lowest BCUT2D eigenvalue weighted by atomic mass is 9.97. The summed E-state index contributed by atoms with van der Waals surface area (Å²) in [5, 5.41) is 8.67. The third-order valence-corrected chi connectivity index (χ3v) is 4.56. The highest BCUT2D eigenvalue weighted by Crippen LogP contribution is 2.18. The van der Waals surface area contributed by atoms with Crippen LogP contribution in [0.15, 0.2) is 16.2 Å². The van der Waals surface area contributed by atoms with Gasteiger partial charge in [0.25, 0.3) is 5.56 Å². The number of nitrogens with zero attached hydrogens (tertiary/aromatic N) is 3. The predicted octanol–water partition coefficient (Wildman–Crippen LogP) is 1.39. The second-order valence-electron chi connectivity index (χ2n) is 5.63. The first kappa shape index (κ1) is 17.3. The third-order valence-electron chi connectivity index (χ3n) is 3.80. The number of hydrogen-bond donors (Lipinski definition) is 1. The van der Waals surface area contributed by atoms with E-state index in [9.17, 15) is 14.4 Å². The van der Waals surface area contributed by atoms with Gasteiger partial charge in [-0.2, -0.15) is 5.10 Å². The summed E-state index contributed by atoms with van der Waals surface area (Å²) in [7, 11) is 0. The average Bonchev–Trinajstić information content (AvgIpc) is 3.04. The lowest BCUT2D eigenvalue weighted by molar-refractivity contribution is -0.117. The van der Waals surface area contributed by atoms with E-state index in [4.69, 9.17) is 4.74 Å². The molecule has 9 heteroatoms. The lowest BCUT2D eigenvalue weighted by Gasteiger charge is -2.15. The van der Waals surface area contributed by atoms with Crippen LogP contribution in [-0.2, 0) is 28.9 Å². The smallest absolute Gasteiger partial charge is 0.357 e. The van der Waals surface area contributed by atoms with E-state index in [0.717, 1.165) is 48.3 Å². The Bertz CT molecular complexity index is 858. The fourth-order valence-electron chi connectivity index (χ4n) is 2.64. The fraction of sp³-hybridized carbons (Fsp3) is 0.438. The molecule has 25 heavy (non-hydrogen) atoms. The summed E-state index contributed by atoms with van der Waals surface area (Å²) >= 11 is 1.12. The molecule has 0 saturated heterocycles. The molecule has 0 aromatic carbocycles. The quantitative estimate of drug-likeness (QED) is 0.807. The molecular formula is C16H18N4O4S. The molecule has 0 atom stereocenters. The maximum Gasteiger partial charge on any atom is 0.357 e. The number of hydrogen-bond acceptors (Lipinski definition) is 7. The van der Waals surface area contributed by atoms with Crippen molar-refractivity contribution in [2.45, 2.75) is 39.2 Å². The van der Waals surface area contributed by atoms with Gasteiger partial charge < -0.3 is 10.1 Å². The van der Waals surface area contributed by atoms with Gasteiger partial charge in [0.15, 0.2) is 10.8 Å². The minimum absolute atomic E-state index is 0.145. The van der Waals surface area contributed by atoms with Crippen molar-refractivity contribution in [3.8, 4) is 0 Å². The lowest BCUT2D eigenvalue weighted by Crippen LogP contribution is -2.31. The number of carbonyl (C=O) groups is 2. The monoisotopic (exact) mass is 362 g/mol. The molecule has 0 aliphatic heterocycles. The third kappa shape index (κ3) is 4.11. The minimum Gasteiger partial charge on any atom is -0.461 e. The van der Waals surface area contributed by atoms with Gasteiger partial charge in [-0.3, -0.25) is 9.59 Å². The molecule has 1 aliphatic rings. The number of aromatic nitrogens is 3. The zero-order valence-electron chi connectivity index (χ0n) is 13.8. The number of nitrogens with one attached hydrogen (secondary N) is 1. The molecular weight excluding hydrogens is 344 g/mol. The zero-order chi connectivity index (χ0) is 17.8. The largest absolute Gasteiger partial charge is 0.461 e. The Morgan fingerprint density at radius 2 is 2.16 bits per heavy atom. The van der Waals surface area contributed by atoms with Crippen LogP contribution in [0.1, 0.15) is 41.5 Å². The fourth-order valence-corrected chi connectivity index (χ4v) is 3.34. The van der Waals surface area contributed by atoms with E-state index in [2.05, 4.69) is 15.4 Å². The standard InChI is InChI=1S/C16H18N4O4S/c1-2-24-15(23)12-9-25-16(17-12)18-13(21)8-20-14(22)7-10-5-3-4-6-11(10)19-20/h7,9H,2-6,8H2,1H3,(H,17,18,21). The van der Waals surface area contributed by atoms with Gasteiger partial charge in [0.2, 0.25) is 5.91 Å². The molecule has 2 aromatic rings. The van der Waals surface area contributed by atoms with Gasteiger partial charge in [-0.1, -0.05) is 0 Å². The Morgan fingerprint density at radius 1 is 1.36 bits per heavy atom. The Labute approximate surface area is 147 Å². The molecule has 1 N–H and O–H groups in total. The van der Waals surface area contributed by atoms with E-state index < -0.39 is 11.9 Å². The van der Waals surface area contributed by atoms with Gasteiger partial charge >= 0.3 is 5.97 Å². The zero-order valence-corrected chi connectivity index (χ0v) is 14.6. The maximum atomic E-state index is 12.1. The van der Waals surface area contributed by atoms with Crippen LogP contribution in [0.3, 0.4) is 0 Å². The van der Waals surface area contributed by atoms with E-state index >= 15 is 0 Å². The minimum atomic E-state index is -0.535. The van der Waals surface area contributed by atoms with E-state index in [1.165, 1.54) is 10.1 Å². The van der Waals surface area contributed by atoms with Crippen molar-refractivity contribution in [3.05, 3.63) is 38.8 Å². The summed E-state index contributed by atoms with van der Waals surface area (Å²) in [4.78, 5) is 39.8. The average molecular weight is 362 g/mol. The molecule has 1 aliphatic carbocycles. The summed E-state index contributed by atoms with van der Waals surface area (Å²) in [6.45, 7) is 1.77. The first-order chi connectivity index (χ1) is 12.1. The van der Waals surface area contributed by atoms with Crippen molar-refractivity contribution in [2.75, 3.05) is 11.9 Å². The summed E-state index contributed by atoms with van der Waals surface area (Å²) < 4.78 is 6.01. The number of rotatable bonds is 5. The van der Waals surface area contributed by atoms with E-state index in [-0.39, 0.29) is 29.5 Å². The van der Waals surface area contributed by atoms with Crippen LogP contribution >= 0.6 is 11.3 Å². The van der Waals surface area contributed by atoms with E-state index in [1.807, 2.05) is 0 Å². The summed E-state index contributed by atoms with van der Waals surface area (Å²) in [5.74, 6) is -0.957. The van der Waals surface area contributed by atoms with Crippen LogP contribution in [0.5, 0.6) is 0 Å². The number of amides is 1. The number of aryl methyl sites for hydroxylation is 2. The second kappa shape index (κ2) is 7.56. The molecule has 1 amide bonds. The Balaban J connectivity index is 1.67. The van der Waals surface area contributed by atoms with E-state index in [1.54, 1.807) is 13.0 Å². The number of ether oxygens (including phenoxy) is 1. The first-order valence-corrected chi connectivity index (χ1v) is 8.97. The van der Waals surface area contributed by atoms with Crippen LogP contribution in [0, 0.1) is 0 Å². The predicted molar refractivity (Wildman–Crippen MR) is 91.8 cm³/mol.